The molecule has 0 saturated carbocycles. The van der Waals surface area contributed by atoms with E-state index in [1.54, 1.807) is 0 Å². The van der Waals surface area contributed by atoms with Crippen LogP contribution in [0.5, 0.6) is 0 Å². The van der Waals surface area contributed by atoms with Crippen LogP contribution in [-0.2, 0) is 4.74 Å². The van der Waals surface area contributed by atoms with Gasteiger partial charge >= 0.3 is 6.09 Å². The number of nitrogen functional groups attached to an aromatic ring is 1. The predicted octanol–water partition coefficient (Wildman–Crippen LogP) is -0.558. The average molecular weight is 237 g/mol. The molecular formula is C8H11N7O2. The molecule has 0 atom stereocenters. The Kier molecular flexibility index (Phi) is 2.90. The van der Waals surface area contributed by atoms with E-state index in [1.165, 1.54) is 6.33 Å². The molecular weight excluding hydrogens is 226 g/mol. The van der Waals surface area contributed by atoms with Gasteiger partial charge in [0.25, 0.3) is 0 Å². The number of hydrogen-bond acceptors (Lipinski definition) is 7. The number of primary amides is 1. The van der Waals surface area contributed by atoms with Crippen molar-refractivity contribution in [2.75, 3.05) is 24.2 Å². The van der Waals surface area contributed by atoms with Gasteiger partial charge in [-0.25, -0.2) is 9.78 Å². The van der Waals surface area contributed by atoms with Gasteiger partial charge in [0.1, 0.15) is 12.1 Å². The number of ether oxygens (including phenoxy) is 1. The van der Waals surface area contributed by atoms with Crippen LogP contribution in [-0.4, -0.2) is 39.2 Å². The van der Waals surface area contributed by atoms with Crippen LogP contribution in [0.1, 0.15) is 0 Å². The third kappa shape index (κ3) is 2.51. The number of carbonyl (C=O) groups excluding carboxylic acids is 1. The molecule has 9 heteroatoms. The SMILES string of the molecule is NC(=O)OCCNc1nc(N)nc2nc[nH]c12. The fraction of sp³-hybridized carbons (Fsp3) is 0.250. The molecule has 0 aliphatic carbocycles. The first-order chi connectivity index (χ1) is 8.16. The molecule has 0 radical (unpaired) electrons. The lowest BCUT2D eigenvalue weighted by Crippen LogP contribution is -2.19. The molecule has 0 aromatic carbocycles. The molecule has 0 aliphatic heterocycles. The van der Waals surface area contributed by atoms with Gasteiger partial charge in [0.2, 0.25) is 5.95 Å². The smallest absolute Gasteiger partial charge is 0.404 e. The van der Waals surface area contributed by atoms with Crippen molar-refractivity contribution in [1.82, 2.24) is 19.9 Å². The average Bonchev–Trinajstić information content (AvgIpc) is 2.71. The number of hydrogen-bond donors (Lipinski definition) is 4. The zero-order chi connectivity index (χ0) is 12.3. The normalized spacial score (nSPS) is 10.4. The Morgan fingerprint density at radius 1 is 1.53 bits per heavy atom. The summed E-state index contributed by atoms with van der Waals surface area (Å²) in [5.41, 5.74) is 11.4. The number of rotatable bonds is 4. The fourth-order valence-electron chi connectivity index (χ4n) is 1.30. The van der Waals surface area contributed by atoms with Gasteiger partial charge in [-0.3, -0.25) is 0 Å². The van der Waals surface area contributed by atoms with Crippen LogP contribution in [0.3, 0.4) is 0 Å². The summed E-state index contributed by atoms with van der Waals surface area (Å²) in [7, 11) is 0. The van der Waals surface area contributed by atoms with E-state index in [1.807, 2.05) is 0 Å². The zero-order valence-corrected chi connectivity index (χ0v) is 8.80. The van der Waals surface area contributed by atoms with Gasteiger partial charge in [-0.15, -0.1) is 0 Å². The number of carbonyl (C=O) groups is 1. The first kappa shape index (κ1) is 10.9. The second-order valence-electron chi connectivity index (χ2n) is 3.13. The third-order valence-corrected chi connectivity index (χ3v) is 1.94. The molecule has 9 nitrogen and oxygen atoms in total. The number of fused-ring (bicyclic) bond motifs is 1. The molecule has 0 spiro atoms. The second kappa shape index (κ2) is 4.51. The Balaban J connectivity index is 2.07. The summed E-state index contributed by atoms with van der Waals surface area (Å²) in [5, 5.41) is 2.93. The highest BCUT2D eigenvalue weighted by atomic mass is 16.5. The number of anilines is 2. The van der Waals surface area contributed by atoms with Gasteiger partial charge in [-0.05, 0) is 0 Å². The molecule has 2 heterocycles. The van der Waals surface area contributed by atoms with Crippen molar-refractivity contribution in [3.8, 4) is 0 Å². The number of nitrogens with two attached hydrogens (primary N) is 2. The summed E-state index contributed by atoms with van der Waals surface area (Å²) < 4.78 is 4.56. The first-order valence-electron chi connectivity index (χ1n) is 4.79. The molecule has 0 unspecified atom stereocenters. The molecule has 0 bridgehead atoms. The van der Waals surface area contributed by atoms with Crippen LogP contribution in [0.25, 0.3) is 11.2 Å². The highest BCUT2D eigenvalue weighted by molar-refractivity contribution is 5.83. The Bertz CT molecular complexity index is 538. The summed E-state index contributed by atoms with van der Waals surface area (Å²) in [6.45, 7) is 0.488. The minimum atomic E-state index is -0.819. The predicted molar refractivity (Wildman–Crippen MR) is 60.1 cm³/mol. The van der Waals surface area contributed by atoms with Gasteiger partial charge in [0, 0.05) is 0 Å². The quantitative estimate of drug-likeness (QED) is 0.521. The molecule has 1 amide bonds. The van der Waals surface area contributed by atoms with E-state index in [0.717, 1.165) is 0 Å². The van der Waals surface area contributed by atoms with Crippen LogP contribution in [0.15, 0.2) is 6.33 Å². The molecule has 2 rings (SSSR count). The monoisotopic (exact) mass is 237 g/mol. The molecule has 2 aromatic rings. The summed E-state index contributed by atoms with van der Waals surface area (Å²) in [5.74, 6) is 0.612. The number of aromatic amines is 1. The standard InChI is InChI=1S/C8H11N7O2/c9-7-14-5(11-1-2-17-8(10)16)4-6(15-7)13-3-12-4/h3H,1-2H2,(H2,10,16)(H4,9,11,12,13,14,15). The van der Waals surface area contributed by atoms with Crippen molar-refractivity contribution in [2.45, 2.75) is 0 Å². The van der Waals surface area contributed by atoms with E-state index in [-0.39, 0.29) is 12.6 Å². The lowest BCUT2D eigenvalue weighted by atomic mass is 10.5. The molecule has 90 valence electrons. The van der Waals surface area contributed by atoms with Gasteiger partial charge in [0.05, 0.1) is 12.9 Å². The first-order valence-corrected chi connectivity index (χ1v) is 4.79. The third-order valence-electron chi connectivity index (χ3n) is 1.94. The second-order valence-corrected chi connectivity index (χ2v) is 3.13. The molecule has 0 fully saturated rings. The maximum absolute atomic E-state index is 10.3. The number of H-pyrrole nitrogens is 1. The topological polar surface area (TPSA) is 145 Å². The van der Waals surface area contributed by atoms with E-state index in [2.05, 4.69) is 30.0 Å². The van der Waals surface area contributed by atoms with Crippen molar-refractivity contribution in [2.24, 2.45) is 5.73 Å². The molecule has 6 N–H and O–H groups in total. The van der Waals surface area contributed by atoms with Crippen LogP contribution in [0, 0.1) is 0 Å². The van der Waals surface area contributed by atoms with Crippen molar-refractivity contribution < 1.29 is 9.53 Å². The number of nitrogens with one attached hydrogen (secondary N) is 2. The molecule has 0 aliphatic rings. The van der Waals surface area contributed by atoms with Gasteiger partial charge in [-0.1, -0.05) is 0 Å². The molecule has 0 saturated heterocycles. The highest BCUT2D eigenvalue weighted by Crippen LogP contribution is 2.16. The van der Waals surface area contributed by atoms with Gasteiger partial charge in [-0.2, -0.15) is 9.97 Å². The van der Waals surface area contributed by atoms with Gasteiger partial charge in [0.15, 0.2) is 11.5 Å². The van der Waals surface area contributed by atoms with Crippen molar-refractivity contribution in [3.63, 3.8) is 0 Å². The Morgan fingerprint density at radius 3 is 3.12 bits per heavy atom. The van der Waals surface area contributed by atoms with Crippen molar-refractivity contribution >= 4 is 29.0 Å². The summed E-state index contributed by atoms with van der Waals surface area (Å²) in [6.07, 6.45) is 0.671. The van der Waals surface area contributed by atoms with Crippen LogP contribution in [0.2, 0.25) is 0 Å². The fourth-order valence-corrected chi connectivity index (χ4v) is 1.30. The number of nitrogens with zero attached hydrogens (tertiary/aromatic N) is 3. The maximum atomic E-state index is 10.3. The van der Waals surface area contributed by atoms with E-state index < -0.39 is 6.09 Å². The minimum Gasteiger partial charge on any atom is -0.448 e. The maximum Gasteiger partial charge on any atom is 0.404 e. The van der Waals surface area contributed by atoms with Crippen molar-refractivity contribution in [1.29, 1.82) is 0 Å². The highest BCUT2D eigenvalue weighted by Gasteiger charge is 2.07. The Morgan fingerprint density at radius 2 is 2.35 bits per heavy atom. The van der Waals surface area contributed by atoms with E-state index >= 15 is 0 Å². The van der Waals surface area contributed by atoms with E-state index in [4.69, 9.17) is 11.5 Å². The molecule has 2 aromatic heterocycles. The Hall–Kier alpha value is -2.58. The van der Waals surface area contributed by atoms with Crippen molar-refractivity contribution in [3.05, 3.63) is 6.33 Å². The Labute approximate surface area is 95.6 Å². The zero-order valence-electron chi connectivity index (χ0n) is 8.80. The summed E-state index contributed by atoms with van der Waals surface area (Å²) in [4.78, 5) is 25.1. The van der Waals surface area contributed by atoms with E-state index in [9.17, 15) is 4.79 Å². The van der Waals surface area contributed by atoms with E-state index in [0.29, 0.717) is 23.5 Å². The minimum absolute atomic E-state index is 0.114. The lowest BCUT2D eigenvalue weighted by molar-refractivity contribution is 0.161. The van der Waals surface area contributed by atoms with Crippen LogP contribution >= 0.6 is 0 Å². The lowest BCUT2D eigenvalue weighted by Gasteiger charge is -2.06. The number of aromatic nitrogens is 4. The van der Waals surface area contributed by atoms with Crippen LogP contribution in [0.4, 0.5) is 16.6 Å². The molecule has 17 heavy (non-hydrogen) atoms. The summed E-state index contributed by atoms with van der Waals surface area (Å²) >= 11 is 0. The largest absolute Gasteiger partial charge is 0.448 e. The number of imidazole rings is 1. The van der Waals surface area contributed by atoms with Crippen LogP contribution < -0.4 is 16.8 Å². The van der Waals surface area contributed by atoms with Gasteiger partial charge < -0.3 is 26.5 Å². The summed E-state index contributed by atoms with van der Waals surface area (Å²) in [6, 6.07) is 0. The number of amides is 1.